The summed E-state index contributed by atoms with van der Waals surface area (Å²) in [4.78, 5) is 30.8. The number of ether oxygens (including phenoxy) is 1. The van der Waals surface area contributed by atoms with E-state index in [1.54, 1.807) is 24.8 Å². The standard InChI is InChI=1S/C24H21N5O2.CH3I/c1-16-12-19(31-11-3-4-17-6-8-25-9-7-17)14-20-22(16)27-23(28-24(20)30)21-13-18-5-2-10-29(18)15-26-21;1-2/h2,5-10,12-15H,3-4,11H2,1H3,(H,27,28,30);1H3. The molecule has 8 heteroatoms. The highest BCUT2D eigenvalue weighted by molar-refractivity contribution is 14.1. The molecule has 7 nitrogen and oxygen atoms in total. The molecule has 0 aliphatic carbocycles. The van der Waals surface area contributed by atoms with Crippen LogP contribution in [0.1, 0.15) is 17.5 Å². The number of fused-ring (bicyclic) bond motifs is 2. The maximum absolute atomic E-state index is 12.8. The Labute approximate surface area is 205 Å². The molecule has 0 saturated carbocycles. The first-order valence-electron chi connectivity index (χ1n) is 10.5. The highest BCUT2D eigenvalue weighted by Gasteiger charge is 2.12. The molecular weight excluding hydrogens is 529 g/mol. The molecule has 0 bridgehead atoms. The maximum atomic E-state index is 12.8. The summed E-state index contributed by atoms with van der Waals surface area (Å²) in [5.41, 5.74) is 4.18. The number of rotatable bonds is 6. The number of aromatic amines is 1. The molecular formula is C25H24IN5O2. The zero-order chi connectivity index (χ0) is 23.2. The van der Waals surface area contributed by atoms with Crippen molar-refractivity contribution in [3.63, 3.8) is 0 Å². The van der Waals surface area contributed by atoms with Gasteiger partial charge in [-0.15, -0.1) is 0 Å². The molecule has 0 unspecified atom stereocenters. The largest absolute Gasteiger partial charge is 0.494 e. The van der Waals surface area contributed by atoms with Crippen LogP contribution in [0.25, 0.3) is 27.9 Å². The molecule has 0 aliphatic rings. The lowest BCUT2D eigenvalue weighted by Gasteiger charge is -2.10. The van der Waals surface area contributed by atoms with Crippen molar-refractivity contribution in [3.8, 4) is 17.3 Å². The lowest BCUT2D eigenvalue weighted by Crippen LogP contribution is -2.11. The van der Waals surface area contributed by atoms with Gasteiger partial charge in [-0.2, -0.15) is 0 Å². The summed E-state index contributed by atoms with van der Waals surface area (Å²) in [5, 5.41) is 0.511. The van der Waals surface area contributed by atoms with Gasteiger partial charge in [0.05, 0.1) is 23.8 Å². The molecule has 0 spiro atoms. The highest BCUT2D eigenvalue weighted by Crippen LogP contribution is 2.24. The molecule has 0 saturated heterocycles. The van der Waals surface area contributed by atoms with E-state index < -0.39 is 0 Å². The zero-order valence-electron chi connectivity index (χ0n) is 18.5. The Morgan fingerprint density at radius 2 is 1.94 bits per heavy atom. The minimum Gasteiger partial charge on any atom is -0.494 e. The third kappa shape index (κ3) is 5.22. The average Bonchev–Trinajstić information content (AvgIpc) is 3.32. The Balaban J connectivity index is 0.00000126. The van der Waals surface area contributed by atoms with Gasteiger partial charge in [-0.1, -0.05) is 22.6 Å². The third-order valence-electron chi connectivity index (χ3n) is 5.26. The molecule has 0 radical (unpaired) electrons. The first kappa shape index (κ1) is 22.9. The first-order chi connectivity index (χ1) is 16.2. The van der Waals surface area contributed by atoms with Crippen LogP contribution >= 0.6 is 22.6 Å². The maximum Gasteiger partial charge on any atom is 0.259 e. The molecule has 4 aromatic heterocycles. The normalized spacial score (nSPS) is 10.8. The summed E-state index contributed by atoms with van der Waals surface area (Å²) in [6, 6.07) is 13.5. The zero-order valence-corrected chi connectivity index (χ0v) is 20.6. The molecule has 33 heavy (non-hydrogen) atoms. The number of aromatic nitrogens is 5. The summed E-state index contributed by atoms with van der Waals surface area (Å²) >= 11 is 2.15. The van der Waals surface area contributed by atoms with E-state index >= 15 is 0 Å². The lowest BCUT2D eigenvalue weighted by atomic mass is 10.1. The number of H-pyrrole nitrogens is 1. The van der Waals surface area contributed by atoms with E-state index in [4.69, 9.17) is 4.74 Å². The monoisotopic (exact) mass is 553 g/mol. The van der Waals surface area contributed by atoms with Crippen molar-refractivity contribution in [2.45, 2.75) is 19.8 Å². The summed E-state index contributed by atoms with van der Waals surface area (Å²) in [5.74, 6) is 1.13. The van der Waals surface area contributed by atoms with Gasteiger partial charge in [-0.3, -0.25) is 9.78 Å². The molecule has 168 valence electrons. The van der Waals surface area contributed by atoms with Crippen molar-refractivity contribution in [2.24, 2.45) is 0 Å². The van der Waals surface area contributed by atoms with E-state index in [-0.39, 0.29) is 5.56 Å². The summed E-state index contributed by atoms with van der Waals surface area (Å²) in [6.45, 7) is 2.50. The second-order valence-corrected chi connectivity index (χ2v) is 7.47. The van der Waals surface area contributed by atoms with Gasteiger partial charge >= 0.3 is 0 Å². The second-order valence-electron chi connectivity index (χ2n) is 7.47. The van der Waals surface area contributed by atoms with E-state index in [9.17, 15) is 4.79 Å². The van der Waals surface area contributed by atoms with E-state index in [2.05, 4.69) is 42.5 Å². The molecule has 1 aromatic carbocycles. The van der Waals surface area contributed by atoms with Crippen LogP contribution in [0.5, 0.6) is 5.75 Å². The van der Waals surface area contributed by atoms with Crippen LogP contribution in [0.4, 0.5) is 0 Å². The average molecular weight is 553 g/mol. The fraction of sp³-hybridized carbons (Fsp3) is 0.200. The van der Waals surface area contributed by atoms with Crippen LogP contribution in [0.3, 0.4) is 0 Å². The summed E-state index contributed by atoms with van der Waals surface area (Å²) in [7, 11) is 0. The molecule has 0 fully saturated rings. The molecule has 0 atom stereocenters. The van der Waals surface area contributed by atoms with Gasteiger partial charge < -0.3 is 14.1 Å². The SMILES string of the molecule is CI.Cc1cc(OCCCc2ccncc2)cc2c(=O)[nH]c(-c3cc4cccn4cn3)nc12. The van der Waals surface area contributed by atoms with Crippen LogP contribution in [-0.2, 0) is 6.42 Å². The smallest absolute Gasteiger partial charge is 0.259 e. The van der Waals surface area contributed by atoms with Crippen LogP contribution in [0.2, 0.25) is 0 Å². The quantitative estimate of drug-likeness (QED) is 0.182. The Morgan fingerprint density at radius 1 is 1.12 bits per heavy atom. The predicted octanol–water partition coefficient (Wildman–Crippen LogP) is 5.00. The highest BCUT2D eigenvalue weighted by atomic mass is 127. The molecule has 1 N–H and O–H groups in total. The predicted molar refractivity (Wildman–Crippen MR) is 139 cm³/mol. The number of hydrogen-bond donors (Lipinski definition) is 1. The van der Waals surface area contributed by atoms with Crippen molar-refractivity contribution >= 4 is 39.0 Å². The second kappa shape index (κ2) is 10.6. The number of alkyl halides is 1. The Bertz CT molecular complexity index is 1430. The van der Waals surface area contributed by atoms with Crippen LogP contribution in [0.15, 0.2) is 72.2 Å². The van der Waals surface area contributed by atoms with Gasteiger partial charge in [0.2, 0.25) is 0 Å². The van der Waals surface area contributed by atoms with Crippen LogP contribution in [0, 0.1) is 6.92 Å². The summed E-state index contributed by atoms with van der Waals surface area (Å²) < 4.78 is 7.82. The molecule has 0 amide bonds. The van der Waals surface area contributed by atoms with E-state index in [0.29, 0.717) is 34.8 Å². The lowest BCUT2D eigenvalue weighted by molar-refractivity contribution is 0.311. The molecule has 4 heterocycles. The third-order valence-corrected chi connectivity index (χ3v) is 5.26. The Hall–Kier alpha value is -3.27. The Kier molecular flexibility index (Phi) is 7.33. The van der Waals surface area contributed by atoms with Crippen LogP contribution < -0.4 is 10.3 Å². The van der Waals surface area contributed by atoms with E-state index in [1.165, 1.54) is 5.56 Å². The first-order valence-corrected chi connectivity index (χ1v) is 12.7. The van der Waals surface area contributed by atoms with Crippen molar-refractivity contribution in [2.75, 3.05) is 11.5 Å². The van der Waals surface area contributed by atoms with Crippen molar-refractivity contribution in [1.29, 1.82) is 0 Å². The van der Waals surface area contributed by atoms with E-state index in [1.807, 2.05) is 58.8 Å². The minimum atomic E-state index is -0.206. The Morgan fingerprint density at radius 3 is 2.76 bits per heavy atom. The minimum absolute atomic E-state index is 0.206. The van der Waals surface area contributed by atoms with Gasteiger partial charge in [-0.25, -0.2) is 9.97 Å². The van der Waals surface area contributed by atoms with Gasteiger partial charge in [0, 0.05) is 24.1 Å². The van der Waals surface area contributed by atoms with Crippen molar-refractivity contribution in [3.05, 3.63) is 88.9 Å². The topological polar surface area (TPSA) is 85.2 Å². The van der Waals surface area contributed by atoms with Gasteiger partial charge in [0.15, 0.2) is 5.82 Å². The van der Waals surface area contributed by atoms with E-state index in [0.717, 1.165) is 23.9 Å². The van der Waals surface area contributed by atoms with Crippen molar-refractivity contribution in [1.82, 2.24) is 24.3 Å². The molecule has 5 aromatic rings. The van der Waals surface area contributed by atoms with Gasteiger partial charge in [0.1, 0.15) is 11.4 Å². The van der Waals surface area contributed by atoms with Gasteiger partial charge in [-0.05, 0) is 78.3 Å². The summed E-state index contributed by atoms with van der Waals surface area (Å²) in [6.07, 6.45) is 9.02. The van der Waals surface area contributed by atoms with Crippen LogP contribution in [-0.4, -0.2) is 35.9 Å². The number of pyridine rings is 1. The number of aryl methyl sites for hydroxylation is 2. The number of halogens is 1. The molecule has 5 rings (SSSR count). The fourth-order valence-corrected chi connectivity index (χ4v) is 3.67. The number of hydrogen-bond acceptors (Lipinski definition) is 5. The number of benzene rings is 1. The molecule has 0 aliphatic heterocycles. The fourth-order valence-electron chi connectivity index (χ4n) is 3.67. The van der Waals surface area contributed by atoms with Crippen molar-refractivity contribution < 1.29 is 4.74 Å². The number of nitrogens with one attached hydrogen (secondary N) is 1. The van der Waals surface area contributed by atoms with Gasteiger partial charge in [0.25, 0.3) is 5.56 Å². The number of nitrogens with zero attached hydrogens (tertiary/aromatic N) is 4.